The molecule has 0 saturated carbocycles. The standard InChI is InChI=1S/C22H25BrN2OS/c1-2-3-4-5-6-15-26-20-13-11-19(12-14-20)24-22-25-21(16-27-22)17-7-9-18(23)10-8-17/h7-14,16H,2-6,15H2,1H3,(H,24,25). The predicted octanol–water partition coefficient (Wildman–Crippen LogP) is 7.67. The average molecular weight is 445 g/mol. The molecule has 0 aliphatic carbocycles. The van der Waals surface area contributed by atoms with Crippen molar-refractivity contribution in [1.82, 2.24) is 4.98 Å². The van der Waals surface area contributed by atoms with Gasteiger partial charge in [0.05, 0.1) is 12.3 Å². The monoisotopic (exact) mass is 444 g/mol. The number of ether oxygens (including phenoxy) is 1. The van der Waals surface area contributed by atoms with E-state index in [9.17, 15) is 0 Å². The summed E-state index contributed by atoms with van der Waals surface area (Å²) in [6, 6.07) is 16.3. The fourth-order valence-corrected chi connectivity index (χ4v) is 3.74. The molecule has 3 aromatic rings. The number of aromatic nitrogens is 1. The molecule has 3 rings (SSSR count). The highest BCUT2D eigenvalue weighted by Gasteiger charge is 2.05. The summed E-state index contributed by atoms with van der Waals surface area (Å²) in [6.07, 6.45) is 6.27. The summed E-state index contributed by atoms with van der Waals surface area (Å²) in [7, 11) is 0. The molecule has 142 valence electrons. The Bertz CT molecular complexity index is 815. The van der Waals surface area contributed by atoms with Crippen LogP contribution in [0.15, 0.2) is 58.4 Å². The third kappa shape index (κ3) is 6.36. The minimum absolute atomic E-state index is 0.791. The lowest BCUT2D eigenvalue weighted by Crippen LogP contribution is -1.97. The van der Waals surface area contributed by atoms with Crippen molar-refractivity contribution < 1.29 is 4.74 Å². The van der Waals surface area contributed by atoms with Crippen LogP contribution in [-0.2, 0) is 0 Å². The van der Waals surface area contributed by atoms with Crippen molar-refractivity contribution in [1.29, 1.82) is 0 Å². The summed E-state index contributed by atoms with van der Waals surface area (Å²) in [4.78, 5) is 4.67. The number of thiazole rings is 1. The average Bonchev–Trinajstić information content (AvgIpc) is 3.15. The first-order chi connectivity index (χ1) is 13.2. The van der Waals surface area contributed by atoms with Gasteiger partial charge in [-0.1, -0.05) is 60.7 Å². The number of hydrogen-bond donors (Lipinski definition) is 1. The van der Waals surface area contributed by atoms with E-state index in [1.54, 1.807) is 11.3 Å². The van der Waals surface area contributed by atoms with Crippen molar-refractivity contribution in [2.45, 2.75) is 39.0 Å². The van der Waals surface area contributed by atoms with Crippen LogP contribution in [0.4, 0.5) is 10.8 Å². The molecule has 5 heteroatoms. The van der Waals surface area contributed by atoms with Crippen LogP contribution in [0.2, 0.25) is 0 Å². The number of anilines is 2. The summed E-state index contributed by atoms with van der Waals surface area (Å²) >= 11 is 5.07. The van der Waals surface area contributed by atoms with Gasteiger partial charge in [0.1, 0.15) is 5.75 Å². The van der Waals surface area contributed by atoms with Gasteiger partial charge in [0.15, 0.2) is 5.13 Å². The van der Waals surface area contributed by atoms with Crippen molar-refractivity contribution in [2.75, 3.05) is 11.9 Å². The second kappa shape index (κ2) is 10.5. The van der Waals surface area contributed by atoms with E-state index in [0.717, 1.165) is 45.3 Å². The van der Waals surface area contributed by atoms with Gasteiger partial charge in [0, 0.05) is 21.1 Å². The van der Waals surface area contributed by atoms with E-state index in [-0.39, 0.29) is 0 Å². The Hall–Kier alpha value is -1.85. The molecule has 0 atom stereocenters. The third-order valence-corrected chi connectivity index (χ3v) is 5.55. The number of hydrogen-bond acceptors (Lipinski definition) is 4. The molecule has 1 N–H and O–H groups in total. The maximum absolute atomic E-state index is 5.82. The van der Waals surface area contributed by atoms with Crippen LogP contribution in [0.3, 0.4) is 0 Å². The van der Waals surface area contributed by atoms with E-state index in [0.29, 0.717) is 0 Å². The minimum atomic E-state index is 0.791. The topological polar surface area (TPSA) is 34.1 Å². The molecular weight excluding hydrogens is 420 g/mol. The number of halogens is 1. The van der Waals surface area contributed by atoms with Crippen molar-refractivity contribution in [3.63, 3.8) is 0 Å². The van der Waals surface area contributed by atoms with E-state index < -0.39 is 0 Å². The Kier molecular flexibility index (Phi) is 7.72. The van der Waals surface area contributed by atoms with Gasteiger partial charge in [-0.05, 0) is 42.8 Å². The fourth-order valence-electron chi connectivity index (χ4n) is 2.74. The van der Waals surface area contributed by atoms with Gasteiger partial charge >= 0.3 is 0 Å². The van der Waals surface area contributed by atoms with Crippen molar-refractivity contribution in [3.05, 3.63) is 58.4 Å². The maximum atomic E-state index is 5.82. The van der Waals surface area contributed by atoms with Gasteiger partial charge in [0.25, 0.3) is 0 Å². The molecular formula is C22H25BrN2OS. The number of nitrogens with one attached hydrogen (secondary N) is 1. The highest BCUT2D eigenvalue weighted by atomic mass is 79.9. The van der Waals surface area contributed by atoms with Gasteiger partial charge in [-0.15, -0.1) is 11.3 Å². The molecule has 0 bridgehead atoms. The normalized spacial score (nSPS) is 10.7. The molecule has 2 aromatic carbocycles. The SMILES string of the molecule is CCCCCCCOc1ccc(Nc2nc(-c3ccc(Br)cc3)cs2)cc1. The quantitative estimate of drug-likeness (QED) is 0.325. The molecule has 1 aromatic heterocycles. The summed E-state index contributed by atoms with van der Waals surface area (Å²) < 4.78 is 6.89. The molecule has 3 nitrogen and oxygen atoms in total. The van der Waals surface area contributed by atoms with Gasteiger partial charge in [-0.3, -0.25) is 0 Å². The van der Waals surface area contributed by atoms with Gasteiger partial charge in [-0.2, -0.15) is 0 Å². The first-order valence-corrected chi connectivity index (χ1v) is 11.1. The second-order valence-electron chi connectivity index (χ2n) is 6.46. The molecule has 27 heavy (non-hydrogen) atoms. The Morgan fingerprint density at radius 3 is 2.44 bits per heavy atom. The van der Waals surface area contributed by atoms with Gasteiger partial charge < -0.3 is 10.1 Å². The van der Waals surface area contributed by atoms with Crippen molar-refractivity contribution >= 4 is 38.1 Å². The van der Waals surface area contributed by atoms with Crippen LogP contribution in [0.1, 0.15) is 39.0 Å². The summed E-state index contributed by atoms with van der Waals surface area (Å²) in [5.74, 6) is 0.922. The highest BCUT2D eigenvalue weighted by molar-refractivity contribution is 9.10. The molecule has 0 aliphatic rings. The van der Waals surface area contributed by atoms with Gasteiger partial charge in [0.2, 0.25) is 0 Å². The largest absolute Gasteiger partial charge is 0.494 e. The Labute approximate surface area is 173 Å². The molecule has 0 radical (unpaired) electrons. The van der Waals surface area contributed by atoms with Crippen LogP contribution < -0.4 is 10.1 Å². The first-order valence-electron chi connectivity index (χ1n) is 9.46. The van der Waals surface area contributed by atoms with E-state index in [4.69, 9.17) is 4.74 Å². The Balaban J connectivity index is 1.49. The van der Waals surface area contributed by atoms with Gasteiger partial charge in [-0.25, -0.2) is 4.98 Å². The van der Waals surface area contributed by atoms with Crippen LogP contribution in [0.25, 0.3) is 11.3 Å². The molecule has 1 heterocycles. The second-order valence-corrected chi connectivity index (χ2v) is 8.23. The van der Waals surface area contributed by atoms with Crippen LogP contribution in [0, 0.1) is 0 Å². The molecule has 0 unspecified atom stereocenters. The molecule has 0 spiro atoms. The summed E-state index contributed by atoms with van der Waals surface area (Å²) in [5.41, 5.74) is 3.12. The lowest BCUT2D eigenvalue weighted by Gasteiger charge is -2.07. The zero-order valence-electron chi connectivity index (χ0n) is 15.6. The minimum Gasteiger partial charge on any atom is -0.494 e. The number of unbranched alkanes of at least 4 members (excludes halogenated alkanes) is 4. The molecule has 0 fully saturated rings. The summed E-state index contributed by atoms with van der Waals surface area (Å²) in [5, 5.41) is 6.32. The molecule has 0 saturated heterocycles. The van der Waals surface area contributed by atoms with Crippen LogP contribution in [0.5, 0.6) is 5.75 Å². The van der Waals surface area contributed by atoms with Crippen molar-refractivity contribution in [2.24, 2.45) is 0 Å². The zero-order chi connectivity index (χ0) is 18.9. The smallest absolute Gasteiger partial charge is 0.187 e. The van der Waals surface area contributed by atoms with Crippen molar-refractivity contribution in [3.8, 4) is 17.0 Å². The van der Waals surface area contributed by atoms with Crippen LogP contribution in [-0.4, -0.2) is 11.6 Å². The highest BCUT2D eigenvalue weighted by Crippen LogP contribution is 2.28. The lowest BCUT2D eigenvalue weighted by atomic mass is 10.2. The Morgan fingerprint density at radius 2 is 1.70 bits per heavy atom. The Morgan fingerprint density at radius 1 is 0.963 bits per heavy atom. The van der Waals surface area contributed by atoms with E-state index in [1.165, 1.54) is 25.7 Å². The predicted molar refractivity (Wildman–Crippen MR) is 119 cm³/mol. The number of rotatable bonds is 10. The zero-order valence-corrected chi connectivity index (χ0v) is 18.0. The summed E-state index contributed by atoms with van der Waals surface area (Å²) in [6.45, 7) is 3.03. The first kappa shape index (κ1) is 19.9. The molecule has 0 amide bonds. The maximum Gasteiger partial charge on any atom is 0.187 e. The van der Waals surface area contributed by atoms with E-state index in [1.807, 2.05) is 36.4 Å². The number of benzene rings is 2. The third-order valence-electron chi connectivity index (χ3n) is 4.27. The van der Waals surface area contributed by atoms with E-state index in [2.05, 4.69) is 50.7 Å². The van der Waals surface area contributed by atoms with Crippen LogP contribution >= 0.6 is 27.3 Å². The fraction of sp³-hybridized carbons (Fsp3) is 0.318. The molecule has 0 aliphatic heterocycles. The number of nitrogens with zero attached hydrogens (tertiary/aromatic N) is 1. The lowest BCUT2D eigenvalue weighted by molar-refractivity contribution is 0.304. The van der Waals surface area contributed by atoms with E-state index >= 15 is 0 Å².